The number of amides is 1. The fourth-order valence-electron chi connectivity index (χ4n) is 4.09. The van der Waals surface area contributed by atoms with Crippen molar-refractivity contribution in [1.29, 1.82) is 0 Å². The van der Waals surface area contributed by atoms with Crippen LogP contribution in [0.25, 0.3) is 0 Å². The number of likely N-dealkylation sites (tertiary alicyclic amines) is 1. The number of halogens is 1. The lowest BCUT2D eigenvalue weighted by Gasteiger charge is -2.45. The molecule has 26 heavy (non-hydrogen) atoms. The number of ether oxygens (including phenoxy) is 1. The Morgan fingerprint density at radius 3 is 2.65 bits per heavy atom. The lowest BCUT2D eigenvalue weighted by molar-refractivity contribution is -0.137. The summed E-state index contributed by atoms with van der Waals surface area (Å²) in [7, 11) is 1.81. The number of hydrogen-bond donors (Lipinski definition) is 1. The molecule has 1 amide bonds. The van der Waals surface area contributed by atoms with Gasteiger partial charge in [0.15, 0.2) is 0 Å². The Bertz CT molecular complexity index is 657. The Hall–Kier alpha value is -1.57. The maximum absolute atomic E-state index is 12.9. The van der Waals surface area contributed by atoms with Crippen LogP contribution in [0.5, 0.6) is 0 Å². The Morgan fingerprint density at radius 1 is 1.31 bits per heavy atom. The quantitative estimate of drug-likeness (QED) is 0.837. The van der Waals surface area contributed by atoms with Gasteiger partial charge in [0, 0.05) is 51.9 Å². The first-order chi connectivity index (χ1) is 12.5. The molecular weight excluding hydrogens is 358 g/mol. The number of carboxylic acids is 1. The molecule has 2 saturated heterocycles. The van der Waals surface area contributed by atoms with Crippen LogP contribution in [-0.4, -0.2) is 76.8 Å². The summed E-state index contributed by atoms with van der Waals surface area (Å²) in [6.07, 6.45) is 3.28. The highest BCUT2D eigenvalue weighted by atomic mass is 35.5. The molecule has 1 aromatic heterocycles. The highest BCUT2D eigenvalue weighted by Crippen LogP contribution is 2.28. The minimum Gasteiger partial charge on any atom is -0.481 e. The van der Waals surface area contributed by atoms with E-state index in [0.717, 1.165) is 19.5 Å². The number of carbonyl (C=O) groups excluding carboxylic acids is 1. The van der Waals surface area contributed by atoms with Gasteiger partial charge < -0.3 is 19.3 Å². The topological polar surface area (TPSA) is 75.0 Å². The number of morpholine rings is 1. The lowest BCUT2D eigenvalue weighted by atomic mass is 9.86. The van der Waals surface area contributed by atoms with E-state index in [0.29, 0.717) is 49.5 Å². The molecule has 0 unspecified atom stereocenters. The van der Waals surface area contributed by atoms with Crippen molar-refractivity contribution in [3.8, 4) is 0 Å². The van der Waals surface area contributed by atoms with Crippen LogP contribution in [-0.2, 0) is 16.6 Å². The highest BCUT2D eigenvalue weighted by Gasteiger charge is 2.36. The lowest BCUT2D eigenvalue weighted by Crippen LogP contribution is -2.55. The Morgan fingerprint density at radius 2 is 2.04 bits per heavy atom. The number of carboxylic acid groups (broad SMARTS) is 1. The average Bonchev–Trinajstić information content (AvgIpc) is 2.98. The van der Waals surface area contributed by atoms with Crippen LogP contribution in [0, 0.1) is 5.92 Å². The molecule has 8 heteroatoms. The molecule has 0 aromatic carbocycles. The zero-order valence-corrected chi connectivity index (χ0v) is 15.8. The van der Waals surface area contributed by atoms with Gasteiger partial charge in [-0.3, -0.25) is 14.5 Å². The maximum atomic E-state index is 12.9. The van der Waals surface area contributed by atoms with Crippen LogP contribution in [0.1, 0.15) is 29.8 Å². The van der Waals surface area contributed by atoms with Crippen molar-refractivity contribution < 1.29 is 19.4 Å². The van der Waals surface area contributed by atoms with E-state index in [1.165, 1.54) is 0 Å². The van der Waals surface area contributed by atoms with Gasteiger partial charge in [0.1, 0.15) is 5.69 Å². The number of aromatic nitrogens is 1. The Balaban J connectivity index is 1.71. The number of piperidine rings is 1. The first-order valence-corrected chi connectivity index (χ1v) is 9.48. The van der Waals surface area contributed by atoms with E-state index in [1.54, 1.807) is 16.8 Å². The molecule has 0 radical (unpaired) electrons. The number of rotatable bonds is 5. The average molecular weight is 384 g/mol. The normalized spacial score (nSPS) is 24.6. The van der Waals surface area contributed by atoms with E-state index in [9.17, 15) is 9.59 Å². The number of aryl methyl sites for hydroxylation is 1. The number of carbonyl (C=O) groups is 2. The van der Waals surface area contributed by atoms with Crippen molar-refractivity contribution in [3.05, 3.63) is 23.0 Å². The number of nitrogens with zero attached hydrogens (tertiary/aromatic N) is 3. The van der Waals surface area contributed by atoms with Gasteiger partial charge >= 0.3 is 5.97 Å². The van der Waals surface area contributed by atoms with Gasteiger partial charge in [-0.15, -0.1) is 0 Å². The molecule has 0 saturated carbocycles. The second-order valence-electron chi connectivity index (χ2n) is 7.10. The van der Waals surface area contributed by atoms with E-state index in [4.69, 9.17) is 21.4 Å². The Labute approximate surface area is 158 Å². The summed E-state index contributed by atoms with van der Waals surface area (Å²) in [5.41, 5.74) is 0.566. The van der Waals surface area contributed by atoms with Crippen molar-refractivity contribution in [2.24, 2.45) is 13.0 Å². The van der Waals surface area contributed by atoms with Crippen LogP contribution in [0.15, 0.2) is 12.3 Å². The smallest absolute Gasteiger partial charge is 0.303 e. The predicted octanol–water partition coefficient (Wildman–Crippen LogP) is 1.71. The second-order valence-corrected chi connectivity index (χ2v) is 7.54. The van der Waals surface area contributed by atoms with Gasteiger partial charge in [0.25, 0.3) is 5.91 Å². The monoisotopic (exact) mass is 383 g/mol. The molecule has 0 bridgehead atoms. The van der Waals surface area contributed by atoms with Crippen molar-refractivity contribution in [2.75, 3.05) is 39.4 Å². The first-order valence-electron chi connectivity index (χ1n) is 9.10. The maximum Gasteiger partial charge on any atom is 0.303 e. The van der Waals surface area contributed by atoms with Crippen LogP contribution in [0.4, 0.5) is 0 Å². The number of aliphatic carboxylic acids is 1. The zero-order valence-electron chi connectivity index (χ0n) is 15.1. The minimum atomic E-state index is -0.789. The van der Waals surface area contributed by atoms with E-state index >= 15 is 0 Å². The standard InChI is InChI=1S/C18H26ClN3O4/c1-20-12-14(19)10-16(20)18(25)22-5-4-15(21-6-8-26-9-7-21)13(11-22)2-3-17(23)24/h10,12-13,15H,2-9,11H2,1H3,(H,23,24)/t13-,15+/m1/s1. The van der Waals surface area contributed by atoms with Crippen LogP contribution < -0.4 is 0 Å². The molecule has 3 rings (SSSR count). The van der Waals surface area contributed by atoms with Crippen molar-refractivity contribution in [2.45, 2.75) is 25.3 Å². The highest BCUT2D eigenvalue weighted by molar-refractivity contribution is 6.31. The van der Waals surface area contributed by atoms with Crippen LogP contribution in [0.2, 0.25) is 5.02 Å². The molecule has 2 aliphatic heterocycles. The molecule has 1 aromatic rings. The third-order valence-corrected chi connectivity index (χ3v) is 5.62. The Kier molecular flexibility index (Phi) is 6.21. The molecule has 0 aliphatic carbocycles. The van der Waals surface area contributed by atoms with E-state index in [2.05, 4.69) is 4.90 Å². The molecule has 1 N–H and O–H groups in total. The van der Waals surface area contributed by atoms with Gasteiger partial charge in [-0.05, 0) is 24.8 Å². The summed E-state index contributed by atoms with van der Waals surface area (Å²) in [6.45, 7) is 4.43. The first kappa shape index (κ1) is 19.2. The van der Waals surface area contributed by atoms with Crippen molar-refractivity contribution in [3.63, 3.8) is 0 Å². The van der Waals surface area contributed by atoms with Crippen LogP contribution >= 0.6 is 11.6 Å². The van der Waals surface area contributed by atoms with E-state index in [-0.39, 0.29) is 18.2 Å². The third-order valence-electron chi connectivity index (χ3n) is 5.42. The predicted molar refractivity (Wildman–Crippen MR) is 97.5 cm³/mol. The molecule has 3 heterocycles. The fraction of sp³-hybridized carbons (Fsp3) is 0.667. The molecule has 2 atom stereocenters. The van der Waals surface area contributed by atoms with E-state index in [1.807, 2.05) is 11.9 Å². The van der Waals surface area contributed by atoms with Gasteiger partial charge in [0.2, 0.25) is 0 Å². The molecule has 0 spiro atoms. The molecular formula is C18H26ClN3O4. The van der Waals surface area contributed by atoms with Gasteiger partial charge in [-0.25, -0.2) is 0 Å². The molecule has 7 nitrogen and oxygen atoms in total. The zero-order chi connectivity index (χ0) is 18.7. The van der Waals surface area contributed by atoms with Crippen molar-refractivity contribution in [1.82, 2.24) is 14.4 Å². The summed E-state index contributed by atoms with van der Waals surface area (Å²) in [4.78, 5) is 28.2. The van der Waals surface area contributed by atoms with Crippen molar-refractivity contribution >= 4 is 23.5 Å². The number of hydrogen-bond acceptors (Lipinski definition) is 4. The fourth-order valence-corrected chi connectivity index (χ4v) is 4.34. The largest absolute Gasteiger partial charge is 0.481 e. The molecule has 2 aliphatic rings. The summed E-state index contributed by atoms with van der Waals surface area (Å²) in [5, 5.41) is 9.64. The third kappa shape index (κ3) is 4.39. The summed E-state index contributed by atoms with van der Waals surface area (Å²) in [5.74, 6) is -0.679. The summed E-state index contributed by atoms with van der Waals surface area (Å²) >= 11 is 6.01. The van der Waals surface area contributed by atoms with Gasteiger partial charge in [-0.2, -0.15) is 0 Å². The minimum absolute atomic E-state index is 0.0415. The second kappa shape index (κ2) is 8.41. The van der Waals surface area contributed by atoms with Gasteiger partial charge in [-0.1, -0.05) is 11.6 Å². The molecule has 2 fully saturated rings. The van der Waals surface area contributed by atoms with Gasteiger partial charge in [0.05, 0.1) is 18.2 Å². The summed E-state index contributed by atoms with van der Waals surface area (Å²) < 4.78 is 7.18. The SMILES string of the molecule is Cn1cc(Cl)cc1C(=O)N1CC[C@H](N2CCOCC2)[C@H](CCC(=O)O)C1. The molecule has 144 valence electrons. The summed E-state index contributed by atoms with van der Waals surface area (Å²) in [6, 6.07) is 1.99. The van der Waals surface area contributed by atoms with Crippen LogP contribution in [0.3, 0.4) is 0 Å². The van der Waals surface area contributed by atoms with E-state index < -0.39 is 5.97 Å².